The topological polar surface area (TPSA) is 53.1 Å². The van der Waals surface area contributed by atoms with E-state index in [1.54, 1.807) is 18.4 Å². The van der Waals surface area contributed by atoms with Crippen LogP contribution in [-0.2, 0) is 22.6 Å². The van der Waals surface area contributed by atoms with Crippen molar-refractivity contribution >= 4 is 23.3 Å². The molecule has 1 spiro atoms. The summed E-state index contributed by atoms with van der Waals surface area (Å²) in [7, 11) is 1.59. The molecular weight excluding hydrogens is 386 g/mol. The van der Waals surface area contributed by atoms with Gasteiger partial charge in [0, 0.05) is 33.3 Å². The van der Waals surface area contributed by atoms with Crippen molar-refractivity contribution in [2.24, 2.45) is 0 Å². The fourth-order valence-electron chi connectivity index (χ4n) is 4.35. The molecule has 2 aromatic rings. The molecule has 0 bridgehead atoms. The molecule has 3 heterocycles. The zero-order valence-electron chi connectivity index (χ0n) is 16.8. The van der Waals surface area contributed by atoms with Crippen molar-refractivity contribution < 1.29 is 14.3 Å². The lowest BCUT2D eigenvalue weighted by Crippen LogP contribution is -2.56. The fourth-order valence-corrected chi connectivity index (χ4v) is 5.01. The Labute approximate surface area is 175 Å². The minimum Gasteiger partial charge on any atom is -0.383 e. The molecule has 2 aliphatic rings. The van der Waals surface area contributed by atoms with Gasteiger partial charge >= 0.3 is 6.03 Å². The largest absolute Gasteiger partial charge is 0.383 e. The van der Waals surface area contributed by atoms with Crippen LogP contribution in [0.4, 0.5) is 4.79 Å². The van der Waals surface area contributed by atoms with Gasteiger partial charge in [0.25, 0.3) is 5.91 Å². The number of urea groups is 1. The predicted octanol–water partition coefficient (Wildman–Crippen LogP) is 3.19. The molecule has 0 N–H and O–H groups in total. The van der Waals surface area contributed by atoms with Gasteiger partial charge in [0.1, 0.15) is 5.54 Å². The molecule has 1 aromatic heterocycles. The molecule has 6 nitrogen and oxygen atoms in total. The molecule has 2 aliphatic heterocycles. The third-order valence-corrected chi connectivity index (χ3v) is 6.73. The average molecular weight is 414 g/mol. The molecule has 29 heavy (non-hydrogen) atoms. The Hall–Kier alpha value is -2.22. The summed E-state index contributed by atoms with van der Waals surface area (Å²) >= 11 is 1.70. The number of likely N-dealkylation sites (tertiary alicyclic amines) is 1. The van der Waals surface area contributed by atoms with Gasteiger partial charge in [0.15, 0.2) is 0 Å². The number of ether oxygens (including phenoxy) is 1. The Morgan fingerprint density at radius 1 is 1.03 bits per heavy atom. The quantitative estimate of drug-likeness (QED) is 0.654. The summed E-state index contributed by atoms with van der Waals surface area (Å²) in [6.07, 6.45) is 1.33. The molecule has 154 valence electrons. The summed E-state index contributed by atoms with van der Waals surface area (Å²) in [5.74, 6) is -0.0642. The minimum absolute atomic E-state index is 0.0642. The molecule has 3 amide bonds. The molecule has 2 fully saturated rings. The van der Waals surface area contributed by atoms with E-state index < -0.39 is 5.54 Å². The number of rotatable bonds is 7. The van der Waals surface area contributed by atoms with Gasteiger partial charge in [-0.05, 0) is 40.8 Å². The van der Waals surface area contributed by atoms with Crippen molar-refractivity contribution in [2.75, 3.05) is 33.4 Å². The second-order valence-corrected chi connectivity index (χ2v) is 8.52. The number of carbonyl (C=O) groups excluding carboxylic acids is 2. The van der Waals surface area contributed by atoms with Crippen molar-refractivity contribution in [3.05, 3.63) is 58.3 Å². The Morgan fingerprint density at radius 2 is 1.79 bits per heavy atom. The van der Waals surface area contributed by atoms with E-state index in [1.165, 1.54) is 10.5 Å². The van der Waals surface area contributed by atoms with Gasteiger partial charge in [-0.25, -0.2) is 4.79 Å². The van der Waals surface area contributed by atoms with Crippen LogP contribution in [0.5, 0.6) is 0 Å². The third kappa shape index (κ3) is 3.95. The summed E-state index contributed by atoms with van der Waals surface area (Å²) in [5, 5.41) is 4.26. The first-order chi connectivity index (χ1) is 14.1. The molecule has 2 saturated heterocycles. The maximum atomic E-state index is 13.4. The van der Waals surface area contributed by atoms with Crippen LogP contribution < -0.4 is 0 Å². The van der Waals surface area contributed by atoms with E-state index in [2.05, 4.69) is 21.7 Å². The minimum atomic E-state index is -0.744. The molecule has 7 heteroatoms. The summed E-state index contributed by atoms with van der Waals surface area (Å²) in [6.45, 7) is 3.63. The number of piperidine rings is 1. The number of nitrogens with zero attached hydrogens (tertiary/aromatic N) is 3. The highest BCUT2D eigenvalue weighted by atomic mass is 32.1. The lowest BCUT2D eigenvalue weighted by Gasteiger charge is -2.42. The van der Waals surface area contributed by atoms with E-state index in [-0.39, 0.29) is 11.9 Å². The van der Waals surface area contributed by atoms with Crippen LogP contribution in [0, 0.1) is 0 Å². The Morgan fingerprint density at radius 3 is 2.45 bits per heavy atom. The maximum Gasteiger partial charge on any atom is 0.328 e. The lowest BCUT2D eigenvalue weighted by molar-refractivity contribution is -0.136. The van der Waals surface area contributed by atoms with Crippen molar-refractivity contribution in [3.8, 4) is 0 Å². The monoisotopic (exact) mass is 413 g/mol. The second-order valence-electron chi connectivity index (χ2n) is 7.74. The van der Waals surface area contributed by atoms with Gasteiger partial charge in [-0.3, -0.25) is 14.6 Å². The van der Waals surface area contributed by atoms with E-state index in [0.29, 0.717) is 32.5 Å². The van der Waals surface area contributed by atoms with Crippen LogP contribution in [0.3, 0.4) is 0 Å². The predicted molar refractivity (Wildman–Crippen MR) is 113 cm³/mol. The maximum absolute atomic E-state index is 13.4. The number of methoxy groups -OCH3 is 1. The van der Waals surface area contributed by atoms with Gasteiger partial charge in [-0.2, -0.15) is 11.3 Å². The SMILES string of the molecule is COCCN1C(=O)N(Cc2ccccc2)C2(CCN(Cc3ccsc3)CC2)C1=O. The van der Waals surface area contributed by atoms with Crippen molar-refractivity contribution in [1.82, 2.24) is 14.7 Å². The normalized spacial score (nSPS) is 19.5. The van der Waals surface area contributed by atoms with Crippen LogP contribution in [0.25, 0.3) is 0 Å². The second kappa shape index (κ2) is 8.65. The summed E-state index contributed by atoms with van der Waals surface area (Å²) in [5.41, 5.74) is 1.61. The molecule has 4 rings (SSSR count). The molecule has 0 saturated carbocycles. The van der Waals surface area contributed by atoms with E-state index in [1.807, 2.05) is 35.2 Å². The standard InChI is InChI=1S/C22H27N3O3S/c1-28-13-12-24-20(26)22(25(21(24)27)16-18-5-3-2-4-6-18)8-10-23(11-9-22)15-19-7-14-29-17-19/h2-7,14,17H,8-13,15-16H2,1H3. The smallest absolute Gasteiger partial charge is 0.328 e. The zero-order chi connectivity index (χ0) is 20.3. The number of hydrogen-bond acceptors (Lipinski definition) is 5. The Balaban J connectivity index is 1.54. The van der Waals surface area contributed by atoms with Crippen molar-refractivity contribution in [1.29, 1.82) is 0 Å². The zero-order valence-corrected chi connectivity index (χ0v) is 17.6. The summed E-state index contributed by atoms with van der Waals surface area (Å²) in [4.78, 5) is 32.2. The molecule has 0 unspecified atom stereocenters. The molecule has 0 aliphatic carbocycles. The van der Waals surface area contributed by atoms with Gasteiger partial charge in [0.2, 0.25) is 0 Å². The number of imide groups is 1. The first kappa shape index (κ1) is 20.1. The molecule has 1 aromatic carbocycles. The number of carbonyl (C=O) groups is 2. The Kier molecular flexibility index (Phi) is 5.99. The van der Waals surface area contributed by atoms with E-state index in [9.17, 15) is 9.59 Å². The Bertz CT molecular complexity index is 832. The van der Waals surface area contributed by atoms with Gasteiger partial charge < -0.3 is 9.64 Å². The number of benzene rings is 1. The van der Waals surface area contributed by atoms with Crippen LogP contribution >= 0.6 is 11.3 Å². The highest BCUT2D eigenvalue weighted by Crippen LogP contribution is 2.38. The van der Waals surface area contributed by atoms with E-state index in [0.717, 1.165) is 25.2 Å². The number of thiophene rings is 1. The summed E-state index contributed by atoms with van der Waals surface area (Å²) < 4.78 is 5.13. The van der Waals surface area contributed by atoms with E-state index in [4.69, 9.17) is 4.74 Å². The van der Waals surface area contributed by atoms with Gasteiger partial charge in [-0.1, -0.05) is 30.3 Å². The van der Waals surface area contributed by atoms with Crippen LogP contribution in [0.1, 0.15) is 24.0 Å². The van der Waals surface area contributed by atoms with E-state index >= 15 is 0 Å². The first-order valence-corrected chi connectivity index (χ1v) is 11.0. The van der Waals surface area contributed by atoms with Gasteiger partial charge in [-0.15, -0.1) is 0 Å². The van der Waals surface area contributed by atoms with Crippen LogP contribution in [-0.4, -0.2) is 65.5 Å². The third-order valence-electron chi connectivity index (χ3n) is 5.99. The first-order valence-electron chi connectivity index (χ1n) is 10.0. The van der Waals surface area contributed by atoms with Crippen LogP contribution in [0.2, 0.25) is 0 Å². The molecular formula is C22H27N3O3S. The highest BCUT2D eigenvalue weighted by Gasteiger charge is 2.57. The number of amides is 3. The number of hydrogen-bond donors (Lipinski definition) is 0. The van der Waals surface area contributed by atoms with Crippen LogP contribution in [0.15, 0.2) is 47.2 Å². The lowest BCUT2D eigenvalue weighted by atomic mass is 9.85. The average Bonchev–Trinajstić information content (AvgIpc) is 3.32. The van der Waals surface area contributed by atoms with Gasteiger partial charge in [0.05, 0.1) is 13.2 Å². The van der Waals surface area contributed by atoms with Crippen molar-refractivity contribution in [2.45, 2.75) is 31.5 Å². The molecule has 0 atom stereocenters. The highest BCUT2D eigenvalue weighted by molar-refractivity contribution is 7.07. The summed E-state index contributed by atoms with van der Waals surface area (Å²) in [6, 6.07) is 11.9. The fraction of sp³-hybridized carbons (Fsp3) is 0.455. The molecule has 0 radical (unpaired) electrons. The van der Waals surface area contributed by atoms with Crippen molar-refractivity contribution in [3.63, 3.8) is 0 Å².